The lowest BCUT2D eigenvalue weighted by Crippen LogP contribution is -2.24. The highest BCUT2D eigenvalue weighted by molar-refractivity contribution is 14.1. The Morgan fingerprint density at radius 3 is 2.56 bits per heavy atom. The average Bonchev–Trinajstić information content (AvgIpc) is 2.72. The molecule has 0 saturated heterocycles. The number of aromatic nitrogens is 2. The van der Waals surface area contributed by atoms with Crippen molar-refractivity contribution in [2.75, 3.05) is 0 Å². The SMILES string of the molecule is C=C(/N=C/c1cc(I)ccc1Oc1c(C)nn(C)c1C)O[Si](C)(C)C. The molecule has 0 fully saturated rings. The first-order valence-electron chi connectivity index (χ1n) is 7.96. The number of hydrogen-bond acceptors (Lipinski definition) is 4. The molecule has 0 atom stereocenters. The van der Waals surface area contributed by atoms with Crippen molar-refractivity contribution in [3.8, 4) is 11.5 Å². The smallest absolute Gasteiger partial charge is 0.244 e. The minimum Gasteiger partial charge on any atom is -0.532 e. The van der Waals surface area contributed by atoms with E-state index in [4.69, 9.17) is 9.16 Å². The summed E-state index contributed by atoms with van der Waals surface area (Å²) in [5.74, 6) is 1.93. The van der Waals surface area contributed by atoms with E-state index in [0.717, 1.165) is 32.0 Å². The second-order valence-corrected chi connectivity index (χ2v) is 12.4. The predicted molar refractivity (Wildman–Crippen MR) is 113 cm³/mol. The Balaban J connectivity index is 2.30. The van der Waals surface area contributed by atoms with Crippen LogP contribution in [0.15, 0.2) is 35.7 Å². The fourth-order valence-electron chi connectivity index (χ4n) is 2.25. The summed E-state index contributed by atoms with van der Waals surface area (Å²) in [5, 5.41) is 4.40. The molecule has 0 aliphatic carbocycles. The highest BCUT2D eigenvalue weighted by Gasteiger charge is 2.17. The van der Waals surface area contributed by atoms with E-state index in [0.29, 0.717) is 5.88 Å². The summed E-state index contributed by atoms with van der Waals surface area (Å²) in [6.45, 7) is 14.1. The lowest BCUT2D eigenvalue weighted by atomic mass is 10.2. The minimum absolute atomic E-state index is 0.428. The summed E-state index contributed by atoms with van der Waals surface area (Å²) in [7, 11) is 0.193. The monoisotopic (exact) mass is 469 g/mol. The lowest BCUT2D eigenvalue weighted by Gasteiger charge is -2.18. The van der Waals surface area contributed by atoms with Crippen molar-refractivity contribution in [1.29, 1.82) is 0 Å². The number of halogens is 1. The normalized spacial score (nSPS) is 11.8. The molecule has 2 aromatic rings. The van der Waals surface area contributed by atoms with E-state index < -0.39 is 8.32 Å². The Kier molecular flexibility index (Phi) is 6.10. The number of aryl methyl sites for hydroxylation is 2. The maximum Gasteiger partial charge on any atom is 0.244 e. The van der Waals surface area contributed by atoms with E-state index in [9.17, 15) is 0 Å². The first-order chi connectivity index (χ1) is 11.6. The van der Waals surface area contributed by atoms with Gasteiger partial charge in [-0.1, -0.05) is 0 Å². The molecule has 5 nitrogen and oxygen atoms in total. The van der Waals surface area contributed by atoms with Crippen molar-refractivity contribution < 1.29 is 9.16 Å². The van der Waals surface area contributed by atoms with Gasteiger partial charge in [-0.3, -0.25) is 4.68 Å². The first-order valence-corrected chi connectivity index (χ1v) is 12.4. The third-order valence-electron chi connectivity index (χ3n) is 3.40. The van der Waals surface area contributed by atoms with Gasteiger partial charge >= 0.3 is 0 Å². The second-order valence-electron chi connectivity index (χ2n) is 6.77. The Bertz CT molecular complexity index is 822. The van der Waals surface area contributed by atoms with E-state index in [1.807, 2.05) is 43.8 Å². The molecule has 0 spiro atoms. The van der Waals surface area contributed by atoms with E-state index in [1.54, 1.807) is 6.21 Å². The van der Waals surface area contributed by atoms with Gasteiger partial charge in [-0.25, -0.2) is 4.99 Å². The zero-order chi connectivity index (χ0) is 18.8. The van der Waals surface area contributed by atoms with Gasteiger partial charge in [0.2, 0.25) is 8.32 Å². The molecule has 1 aromatic carbocycles. The van der Waals surface area contributed by atoms with Gasteiger partial charge in [-0.05, 0) is 80.9 Å². The first kappa shape index (κ1) is 19.7. The number of benzene rings is 1. The molecular formula is C18H24IN3O2Si. The maximum absolute atomic E-state index is 6.14. The average molecular weight is 469 g/mol. The van der Waals surface area contributed by atoms with Crippen LogP contribution in [-0.2, 0) is 11.5 Å². The molecule has 0 bridgehead atoms. The van der Waals surface area contributed by atoms with Crippen LogP contribution in [0.2, 0.25) is 19.6 Å². The third-order valence-corrected chi connectivity index (χ3v) is 4.92. The van der Waals surface area contributed by atoms with Crippen LogP contribution in [0.4, 0.5) is 0 Å². The topological polar surface area (TPSA) is 48.6 Å². The molecule has 0 saturated carbocycles. The molecule has 7 heteroatoms. The molecule has 0 amide bonds. The zero-order valence-electron chi connectivity index (χ0n) is 15.6. The summed E-state index contributed by atoms with van der Waals surface area (Å²) >= 11 is 2.27. The predicted octanol–water partition coefficient (Wildman–Crippen LogP) is 5.18. The lowest BCUT2D eigenvalue weighted by molar-refractivity contribution is 0.421. The summed E-state index contributed by atoms with van der Waals surface area (Å²) < 4.78 is 14.8. The molecule has 134 valence electrons. The number of nitrogens with zero attached hydrogens (tertiary/aromatic N) is 3. The Hall–Kier alpha value is -1.61. The number of aliphatic imine (C=N–C) groups is 1. The number of hydrogen-bond donors (Lipinski definition) is 0. The highest BCUT2D eigenvalue weighted by atomic mass is 127. The highest BCUT2D eigenvalue weighted by Crippen LogP contribution is 2.30. The van der Waals surface area contributed by atoms with Crippen LogP contribution in [0.25, 0.3) is 0 Å². The fraction of sp³-hybridized carbons (Fsp3) is 0.333. The minimum atomic E-state index is -1.71. The molecule has 2 rings (SSSR count). The fourth-order valence-corrected chi connectivity index (χ4v) is 3.52. The Morgan fingerprint density at radius 2 is 2.00 bits per heavy atom. The van der Waals surface area contributed by atoms with Gasteiger partial charge in [0, 0.05) is 22.4 Å². The third kappa shape index (κ3) is 5.43. The van der Waals surface area contributed by atoms with Gasteiger partial charge in [0.15, 0.2) is 11.6 Å². The molecule has 0 aliphatic rings. The van der Waals surface area contributed by atoms with Crippen LogP contribution in [0.1, 0.15) is 17.0 Å². The van der Waals surface area contributed by atoms with Crippen LogP contribution in [0.3, 0.4) is 0 Å². The Labute approximate surface area is 164 Å². The molecule has 0 aliphatic heterocycles. The van der Waals surface area contributed by atoms with Crippen molar-refractivity contribution in [1.82, 2.24) is 9.78 Å². The summed E-state index contributed by atoms with van der Waals surface area (Å²) in [4.78, 5) is 4.36. The van der Waals surface area contributed by atoms with Gasteiger partial charge in [0.1, 0.15) is 11.4 Å². The van der Waals surface area contributed by atoms with Crippen LogP contribution < -0.4 is 4.74 Å². The van der Waals surface area contributed by atoms with Crippen LogP contribution in [0, 0.1) is 17.4 Å². The van der Waals surface area contributed by atoms with E-state index >= 15 is 0 Å². The van der Waals surface area contributed by atoms with Crippen molar-refractivity contribution >= 4 is 37.1 Å². The molecule has 1 heterocycles. The molecule has 0 radical (unpaired) electrons. The quantitative estimate of drug-likeness (QED) is 0.254. The molecule has 1 aromatic heterocycles. The van der Waals surface area contributed by atoms with E-state index in [1.165, 1.54) is 0 Å². The summed E-state index contributed by atoms with van der Waals surface area (Å²) in [6.07, 6.45) is 1.74. The van der Waals surface area contributed by atoms with Crippen LogP contribution >= 0.6 is 22.6 Å². The van der Waals surface area contributed by atoms with Crippen molar-refractivity contribution in [2.24, 2.45) is 12.0 Å². The van der Waals surface area contributed by atoms with Gasteiger partial charge in [0.25, 0.3) is 0 Å². The number of rotatable bonds is 6. The van der Waals surface area contributed by atoms with Gasteiger partial charge in [-0.15, -0.1) is 0 Å². The maximum atomic E-state index is 6.14. The van der Waals surface area contributed by atoms with Crippen LogP contribution in [-0.4, -0.2) is 24.3 Å². The largest absolute Gasteiger partial charge is 0.532 e. The molecule has 25 heavy (non-hydrogen) atoms. The van der Waals surface area contributed by atoms with Gasteiger partial charge in [0.05, 0.1) is 5.69 Å². The van der Waals surface area contributed by atoms with Gasteiger partial charge in [-0.2, -0.15) is 5.10 Å². The van der Waals surface area contributed by atoms with E-state index in [2.05, 4.69) is 58.9 Å². The van der Waals surface area contributed by atoms with Crippen LogP contribution in [0.5, 0.6) is 11.5 Å². The van der Waals surface area contributed by atoms with Crippen molar-refractivity contribution in [2.45, 2.75) is 33.5 Å². The second kappa shape index (κ2) is 7.73. The molecule has 0 unspecified atom stereocenters. The molecular weight excluding hydrogens is 445 g/mol. The standard InChI is InChI=1S/C18H24IN3O2Si/c1-12-18(13(2)22(4)21-12)23-17-9-8-16(19)10-15(17)11-20-14(3)24-25(5,6)7/h8-11H,3H2,1-2,4-7H3/b20-11+. The number of ether oxygens (including phenoxy) is 1. The van der Waals surface area contributed by atoms with E-state index in [-0.39, 0.29) is 0 Å². The van der Waals surface area contributed by atoms with Gasteiger partial charge < -0.3 is 9.16 Å². The zero-order valence-corrected chi connectivity index (χ0v) is 18.7. The Morgan fingerprint density at radius 1 is 1.32 bits per heavy atom. The molecule has 0 N–H and O–H groups in total. The summed E-state index contributed by atoms with van der Waals surface area (Å²) in [6, 6.07) is 5.96. The van der Waals surface area contributed by atoms with Crippen molar-refractivity contribution in [3.63, 3.8) is 0 Å². The van der Waals surface area contributed by atoms with Crippen molar-refractivity contribution in [3.05, 3.63) is 51.2 Å². The summed E-state index contributed by atoms with van der Waals surface area (Å²) in [5.41, 5.74) is 2.70.